The first kappa shape index (κ1) is 18.7. The predicted molar refractivity (Wildman–Crippen MR) is 103 cm³/mol. The summed E-state index contributed by atoms with van der Waals surface area (Å²) in [7, 11) is 3.46. The highest BCUT2D eigenvalue weighted by atomic mass is 16.2. The molecule has 4 heteroatoms. The van der Waals surface area contributed by atoms with Crippen molar-refractivity contribution in [3.8, 4) is 0 Å². The van der Waals surface area contributed by atoms with Crippen LogP contribution in [0.25, 0.3) is 0 Å². The summed E-state index contributed by atoms with van der Waals surface area (Å²) in [5.41, 5.74) is 1.59. The van der Waals surface area contributed by atoms with E-state index in [1.165, 1.54) is 0 Å². The molecule has 2 amide bonds. The summed E-state index contributed by atoms with van der Waals surface area (Å²) >= 11 is 0. The Bertz CT molecular complexity index is 628. The van der Waals surface area contributed by atoms with E-state index in [4.69, 9.17) is 0 Å². The lowest BCUT2D eigenvalue weighted by Crippen LogP contribution is -2.43. The van der Waals surface area contributed by atoms with Crippen LogP contribution in [-0.2, 0) is 9.59 Å². The average molecular weight is 338 g/mol. The van der Waals surface area contributed by atoms with Gasteiger partial charge in [-0.3, -0.25) is 9.59 Å². The van der Waals surface area contributed by atoms with Crippen LogP contribution in [0, 0.1) is 5.92 Å². The zero-order chi connectivity index (χ0) is 18.2. The summed E-state index contributed by atoms with van der Waals surface area (Å²) in [6.07, 6.45) is 2.34. The summed E-state index contributed by atoms with van der Waals surface area (Å²) in [5, 5.41) is 0. The van der Waals surface area contributed by atoms with Crippen molar-refractivity contribution in [2.45, 2.75) is 26.2 Å². The molecule has 2 aromatic carbocycles. The standard InChI is InChI=1S/C21H26N2O2/c1-4-5-16-19(20(24)22(2)17-12-8-6-9-13-17)21(25)23(3)18-14-10-7-11-15-18/h6-15,19H,4-5,16H2,1-3H3. The van der Waals surface area contributed by atoms with Gasteiger partial charge in [-0.05, 0) is 30.7 Å². The number of benzene rings is 2. The molecule has 25 heavy (non-hydrogen) atoms. The number of carbonyl (C=O) groups excluding carboxylic acids is 2. The molecule has 0 saturated carbocycles. The quantitative estimate of drug-likeness (QED) is 0.713. The predicted octanol–water partition coefficient (Wildman–Crippen LogP) is 4.12. The maximum Gasteiger partial charge on any atom is 0.239 e. The molecule has 0 aliphatic heterocycles. The van der Waals surface area contributed by atoms with Crippen molar-refractivity contribution in [1.29, 1.82) is 0 Å². The molecule has 0 aliphatic rings. The minimum Gasteiger partial charge on any atom is -0.315 e. The van der Waals surface area contributed by atoms with Gasteiger partial charge in [-0.1, -0.05) is 56.2 Å². The highest BCUT2D eigenvalue weighted by Crippen LogP contribution is 2.22. The van der Waals surface area contributed by atoms with Crippen LogP contribution in [0.4, 0.5) is 11.4 Å². The third kappa shape index (κ3) is 4.69. The van der Waals surface area contributed by atoms with Crippen LogP contribution in [0.2, 0.25) is 0 Å². The second-order valence-corrected chi connectivity index (χ2v) is 6.16. The van der Waals surface area contributed by atoms with Crippen molar-refractivity contribution in [2.24, 2.45) is 5.92 Å². The first-order valence-electron chi connectivity index (χ1n) is 8.71. The number of hydrogen-bond acceptors (Lipinski definition) is 2. The molecule has 0 aliphatic carbocycles. The Hall–Kier alpha value is -2.62. The number of amides is 2. The van der Waals surface area contributed by atoms with Gasteiger partial charge in [-0.25, -0.2) is 0 Å². The molecular formula is C21H26N2O2. The second kappa shape index (κ2) is 9.02. The average Bonchev–Trinajstić information content (AvgIpc) is 2.68. The lowest BCUT2D eigenvalue weighted by Gasteiger charge is -2.27. The molecular weight excluding hydrogens is 312 g/mol. The Kier molecular flexibility index (Phi) is 6.75. The molecule has 0 saturated heterocycles. The highest BCUT2D eigenvalue weighted by Gasteiger charge is 2.31. The van der Waals surface area contributed by atoms with Crippen LogP contribution >= 0.6 is 0 Å². The van der Waals surface area contributed by atoms with Crippen LogP contribution in [-0.4, -0.2) is 25.9 Å². The fraction of sp³-hybridized carbons (Fsp3) is 0.333. The second-order valence-electron chi connectivity index (χ2n) is 6.16. The molecule has 2 aromatic rings. The SMILES string of the molecule is CCCCC(C(=O)N(C)c1ccccc1)C(=O)N(C)c1ccccc1. The number of unbranched alkanes of at least 4 members (excludes halogenated alkanes) is 1. The van der Waals surface area contributed by atoms with E-state index in [2.05, 4.69) is 6.92 Å². The summed E-state index contributed by atoms with van der Waals surface area (Å²) in [6.45, 7) is 2.06. The molecule has 0 N–H and O–H groups in total. The molecule has 4 nitrogen and oxygen atoms in total. The monoisotopic (exact) mass is 338 g/mol. The molecule has 0 radical (unpaired) electrons. The van der Waals surface area contributed by atoms with Gasteiger partial charge in [0.2, 0.25) is 11.8 Å². The normalized spacial score (nSPS) is 10.6. The van der Waals surface area contributed by atoms with E-state index in [0.29, 0.717) is 6.42 Å². The Balaban J connectivity index is 2.22. The van der Waals surface area contributed by atoms with Crippen LogP contribution in [0.15, 0.2) is 60.7 Å². The van der Waals surface area contributed by atoms with Gasteiger partial charge < -0.3 is 9.80 Å². The molecule has 0 fully saturated rings. The Morgan fingerprint density at radius 1 is 0.800 bits per heavy atom. The van der Waals surface area contributed by atoms with E-state index in [1.807, 2.05) is 60.7 Å². The molecule has 0 atom stereocenters. The number of para-hydroxylation sites is 2. The van der Waals surface area contributed by atoms with Crippen molar-refractivity contribution in [1.82, 2.24) is 0 Å². The lowest BCUT2D eigenvalue weighted by atomic mass is 9.98. The zero-order valence-electron chi connectivity index (χ0n) is 15.2. The molecule has 0 heterocycles. The Morgan fingerprint density at radius 2 is 1.20 bits per heavy atom. The van der Waals surface area contributed by atoms with Crippen molar-refractivity contribution >= 4 is 23.2 Å². The molecule has 0 unspecified atom stereocenters. The van der Waals surface area contributed by atoms with Crippen LogP contribution < -0.4 is 9.80 Å². The highest BCUT2D eigenvalue weighted by molar-refractivity contribution is 6.12. The number of carbonyl (C=O) groups is 2. The van der Waals surface area contributed by atoms with E-state index in [1.54, 1.807) is 23.9 Å². The minimum atomic E-state index is -0.671. The van der Waals surface area contributed by atoms with Gasteiger partial charge in [0.15, 0.2) is 0 Å². The number of rotatable bonds is 7. The van der Waals surface area contributed by atoms with Crippen LogP contribution in [0.3, 0.4) is 0 Å². The first-order valence-corrected chi connectivity index (χ1v) is 8.71. The fourth-order valence-electron chi connectivity index (χ4n) is 2.79. The van der Waals surface area contributed by atoms with Crippen LogP contribution in [0.5, 0.6) is 0 Å². The molecule has 2 rings (SSSR count). The van der Waals surface area contributed by atoms with Crippen LogP contribution in [0.1, 0.15) is 26.2 Å². The smallest absolute Gasteiger partial charge is 0.239 e. The first-order chi connectivity index (χ1) is 12.1. The van der Waals surface area contributed by atoms with Gasteiger partial charge in [0.1, 0.15) is 5.92 Å². The maximum absolute atomic E-state index is 13.0. The van der Waals surface area contributed by atoms with E-state index >= 15 is 0 Å². The minimum absolute atomic E-state index is 0.160. The Morgan fingerprint density at radius 3 is 1.56 bits per heavy atom. The summed E-state index contributed by atoms with van der Waals surface area (Å²) in [5.74, 6) is -0.991. The topological polar surface area (TPSA) is 40.6 Å². The van der Waals surface area contributed by atoms with Gasteiger partial charge in [-0.2, -0.15) is 0 Å². The molecule has 0 bridgehead atoms. The maximum atomic E-state index is 13.0. The van der Waals surface area contributed by atoms with E-state index in [0.717, 1.165) is 24.2 Å². The van der Waals surface area contributed by atoms with Gasteiger partial charge in [0.05, 0.1) is 0 Å². The van der Waals surface area contributed by atoms with Crippen molar-refractivity contribution in [3.63, 3.8) is 0 Å². The third-order valence-electron chi connectivity index (χ3n) is 4.39. The number of hydrogen-bond donors (Lipinski definition) is 0. The molecule has 0 aromatic heterocycles. The van der Waals surface area contributed by atoms with E-state index < -0.39 is 5.92 Å². The largest absolute Gasteiger partial charge is 0.315 e. The van der Waals surface area contributed by atoms with Gasteiger partial charge >= 0.3 is 0 Å². The lowest BCUT2D eigenvalue weighted by molar-refractivity contribution is -0.132. The van der Waals surface area contributed by atoms with Crippen molar-refractivity contribution in [3.05, 3.63) is 60.7 Å². The Labute approximate surface area is 150 Å². The van der Waals surface area contributed by atoms with Crippen molar-refractivity contribution in [2.75, 3.05) is 23.9 Å². The van der Waals surface area contributed by atoms with E-state index in [9.17, 15) is 9.59 Å². The fourth-order valence-corrected chi connectivity index (χ4v) is 2.79. The zero-order valence-corrected chi connectivity index (χ0v) is 15.2. The summed E-state index contributed by atoms with van der Waals surface area (Å²) < 4.78 is 0. The number of nitrogens with zero attached hydrogens (tertiary/aromatic N) is 2. The van der Waals surface area contributed by atoms with Gasteiger partial charge in [-0.15, -0.1) is 0 Å². The third-order valence-corrected chi connectivity index (χ3v) is 4.39. The van der Waals surface area contributed by atoms with Gasteiger partial charge in [0.25, 0.3) is 0 Å². The summed E-state index contributed by atoms with van der Waals surface area (Å²) in [4.78, 5) is 29.2. The molecule has 0 spiro atoms. The van der Waals surface area contributed by atoms with Gasteiger partial charge in [0, 0.05) is 25.5 Å². The van der Waals surface area contributed by atoms with E-state index in [-0.39, 0.29) is 11.8 Å². The molecule has 132 valence electrons. The summed E-state index contributed by atoms with van der Waals surface area (Å²) in [6, 6.07) is 18.9. The number of anilines is 2. The van der Waals surface area contributed by atoms with Crippen molar-refractivity contribution < 1.29 is 9.59 Å².